The molecule has 2 aliphatic heterocycles. The second-order valence-electron chi connectivity index (χ2n) is 11.0. The zero-order valence-corrected chi connectivity index (χ0v) is 24.0. The lowest BCUT2D eigenvalue weighted by Crippen LogP contribution is -2.40. The van der Waals surface area contributed by atoms with Gasteiger partial charge < -0.3 is 14.5 Å². The highest BCUT2D eigenvalue weighted by Crippen LogP contribution is 2.29. The lowest BCUT2D eigenvalue weighted by Gasteiger charge is -2.32. The van der Waals surface area contributed by atoms with Crippen LogP contribution in [-0.2, 0) is 6.61 Å². The van der Waals surface area contributed by atoms with Crippen LogP contribution in [0.1, 0.15) is 64.6 Å². The van der Waals surface area contributed by atoms with Crippen molar-refractivity contribution in [1.29, 1.82) is 0 Å². The number of nitrogens with zero attached hydrogens (tertiary/aromatic N) is 7. The summed E-state index contributed by atoms with van der Waals surface area (Å²) in [5.74, 6) is 0.435. The van der Waals surface area contributed by atoms with Gasteiger partial charge in [0.1, 0.15) is 23.6 Å². The van der Waals surface area contributed by atoms with Crippen molar-refractivity contribution in [2.75, 3.05) is 26.2 Å². The molecule has 0 aliphatic carbocycles. The van der Waals surface area contributed by atoms with Crippen molar-refractivity contribution in [3.05, 3.63) is 77.7 Å². The van der Waals surface area contributed by atoms with Crippen LogP contribution in [0.25, 0.3) is 21.1 Å². The molecule has 0 bridgehead atoms. The highest BCUT2D eigenvalue weighted by Gasteiger charge is 2.28. The minimum atomic E-state index is -0.142. The van der Waals surface area contributed by atoms with E-state index in [0.717, 1.165) is 61.0 Å². The lowest BCUT2D eigenvalue weighted by atomic mass is 10.0. The molecule has 2 aliphatic rings. The summed E-state index contributed by atoms with van der Waals surface area (Å²) in [7, 11) is 0. The average Bonchev–Trinajstić information content (AvgIpc) is 3.76. The van der Waals surface area contributed by atoms with Gasteiger partial charge in [-0.05, 0) is 91.7 Å². The average molecular weight is 582 g/mol. The number of amides is 2. The molecule has 7 rings (SSSR count). The van der Waals surface area contributed by atoms with Crippen LogP contribution < -0.4 is 4.74 Å². The maximum Gasteiger partial charge on any atom is 0.272 e. The Morgan fingerprint density at radius 1 is 0.905 bits per heavy atom. The number of ether oxygens (including phenoxy) is 1. The summed E-state index contributed by atoms with van der Waals surface area (Å²) in [6.45, 7) is 3.05. The summed E-state index contributed by atoms with van der Waals surface area (Å²) in [5, 5.41) is 9.16. The number of hydrogen-bond donors (Lipinski definition) is 0. The Labute approximate surface area is 247 Å². The number of carbonyl (C=O) groups is 2. The molecule has 0 N–H and O–H groups in total. The van der Waals surface area contributed by atoms with Gasteiger partial charge in [0.05, 0.1) is 21.8 Å². The Morgan fingerprint density at radius 3 is 2.52 bits per heavy atom. The number of carbonyl (C=O) groups excluding carboxylic acids is 2. The second-order valence-corrected chi connectivity index (χ2v) is 11.7. The van der Waals surface area contributed by atoms with E-state index in [9.17, 15) is 9.59 Å². The standard InChI is InChI=1S/C31H31N7O3S/c39-30(36-12-2-1-3-13-36)25-19-28(31(40)37-15-9-22(10-16-37)38-14-4-11-32-38)33-26-8-6-23(18-24(25)26)41-20-21-5-7-27-29(17-21)42-35-34-27/h4-8,11,14,17-19,22H,1-3,9-10,12-13,15-16,20H2. The van der Waals surface area contributed by atoms with Crippen LogP contribution >= 0.6 is 11.5 Å². The summed E-state index contributed by atoms with van der Waals surface area (Å²) in [6, 6.07) is 15.4. The van der Waals surface area contributed by atoms with E-state index in [1.807, 2.05) is 63.1 Å². The summed E-state index contributed by atoms with van der Waals surface area (Å²) in [4.78, 5) is 36.0. The summed E-state index contributed by atoms with van der Waals surface area (Å²) in [5.41, 5.74) is 3.29. The van der Waals surface area contributed by atoms with Gasteiger partial charge in [0, 0.05) is 44.0 Å². The van der Waals surface area contributed by atoms with Gasteiger partial charge in [-0.2, -0.15) is 5.10 Å². The number of aromatic nitrogens is 5. The molecule has 214 valence electrons. The zero-order valence-electron chi connectivity index (χ0n) is 23.2. The van der Waals surface area contributed by atoms with E-state index >= 15 is 0 Å². The van der Waals surface area contributed by atoms with Crippen molar-refractivity contribution in [2.24, 2.45) is 0 Å². The van der Waals surface area contributed by atoms with Crippen LogP contribution in [0.15, 0.2) is 60.9 Å². The molecule has 10 nitrogen and oxygen atoms in total. The third-order valence-corrected chi connectivity index (χ3v) is 8.93. The molecule has 2 saturated heterocycles. The normalized spacial score (nSPS) is 16.3. The van der Waals surface area contributed by atoms with E-state index < -0.39 is 0 Å². The number of rotatable bonds is 6. The molecule has 2 aromatic carbocycles. The molecule has 2 amide bonds. The van der Waals surface area contributed by atoms with E-state index in [2.05, 4.69) is 14.7 Å². The van der Waals surface area contributed by atoms with Gasteiger partial charge >= 0.3 is 0 Å². The first-order chi connectivity index (χ1) is 20.6. The van der Waals surface area contributed by atoms with Crippen molar-refractivity contribution in [3.63, 3.8) is 0 Å². The Bertz CT molecular complexity index is 1740. The minimum absolute atomic E-state index is 0.0613. The first kappa shape index (κ1) is 26.5. The van der Waals surface area contributed by atoms with Crippen molar-refractivity contribution in [3.8, 4) is 5.75 Å². The fourth-order valence-corrected chi connectivity index (χ4v) is 6.54. The van der Waals surface area contributed by atoms with Gasteiger partial charge in [-0.25, -0.2) is 4.98 Å². The molecule has 0 atom stereocenters. The molecule has 2 fully saturated rings. The number of benzene rings is 2. The molecule has 0 saturated carbocycles. The number of fused-ring (bicyclic) bond motifs is 2. The van der Waals surface area contributed by atoms with Crippen molar-refractivity contribution < 1.29 is 14.3 Å². The lowest BCUT2D eigenvalue weighted by molar-refractivity contribution is 0.0684. The van der Waals surface area contributed by atoms with E-state index in [0.29, 0.717) is 47.6 Å². The monoisotopic (exact) mass is 581 g/mol. The summed E-state index contributed by atoms with van der Waals surface area (Å²) >= 11 is 1.35. The first-order valence-electron chi connectivity index (χ1n) is 14.5. The Kier molecular flexibility index (Phi) is 7.25. The highest BCUT2D eigenvalue weighted by atomic mass is 32.1. The molecular formula is C31H31N7O3S. The van der Waals surface area contributed by atoms with E-state index in [1.165, 1.54) is 11.5 Å². The smallest absolute Gasteiger partial charge is 0.272 e. The zero-order chi connectivity index (χ0) is 28.5. The fourth-order valence-electron chi connectivity index (χ4n) is 5.92. The van der Waals surface area contributed by atoms with Gasteiger partial charge in [-0.15, -0.1) is 5.10 Å². The maximum atomic E-state index is 13.8. The topological polar surface area (TPSA) is 106 Å². The predicted molar refractivity (Wildman–Crippen MR) is 160 cm³/mol. The number of likely N-dealkylation sites (tertiary alicyclic amines) is 2. The third-order valence-electron chi connectivity index (χ3n) is 8.24. The fraction of sp³-hybridized carbons (Fsp3) is 0.355. The number of piperidine rings is 2. The van der Waals surface area contributed by atoms with Crippen LogP contribution in [0, 0.1) is 0 Å². The Hall–Kier alpha value is -4.38. The van der Waals surface area contributed by atoms with Crippen molar-refractivity contribution in [2.45, 2.75) is 44.8 Å². The van der Waals surface area contributed by atoms with Crippen LogP contribution in [0.3, 0.4) is 0 Å². The number of hydrogen-bond acceptors (Lipinski definition) is 8. The van der Waals surface area contributed by atoms with Gasteiger partial charge in [0.2, 0.25) is 0 Å². The van der Waals surface area contributed by atoms with Gasteiger partial charge in [-0.1, -0.05) is 10.6 Å². The van der Waals surface area contributed by atoms with E-state index in [-0.39, 0.29) is 17.9 Å². The Morgan fingerprint density at radius 2 is 1.71 bits per heavy atom. The molecule has 5 heterocycles. The van der Waals surface area contributed by atoms with Gasteiger partial charge in [-0.3, -0.25) is 14.3 Å². The molecule has 11 heteroatoms. The Balaban J connectivity index is 1.16. The van der Waals surface area contributed by atoms with Gasteiger partial charge in [0.15, 0.2) is 0 Å². The molecular weight excluding hydrogens is 550 g/mol. The third kappa shape index (κ3) is 5.32. The molecule has 3 aromatic heterocycles. The highest BCUT2D eigenvalue weighted by molar-refractivity contribution is 7.12. The first-order valence-corrected chi connectivity index (χ1v) is 15.3. The number of pyridine rings is 1. The van der Waals surface area contributed by atoms with Crippen LogP contribution in [0.2, 0.25) is 0 Å². The largest absolute Gasteiger partial charge is 0.489 e. The molecule has 5 aromatic rings. The van der Waals surface area contributed by atoms with E-state index in [1.54, 1.807) is 12.3 Å². The van der Waals surface area contributed by atoms with Crippen LogP contribution in [0.4, 0.5) is 0 Å². The SMILES string of the molecule is O=C(c1cc(C(=O)N2CCCCC2)c2cc(OCc3ccc4nnsc4c3)ccc2n1)N1CCC(n2cccn2)CC1. The molecule has 0 spiro atoms. The molecule has 0 radical (unpaired) electrons. The van der Waals surface area contributed by atoms with Crippen molar-refractivity contribution >= 4 is 44.5 Å². The molecule has 42 heavy (non-hydrogen) atoms. The van der Waals surface area contributed by atoms with Crippen molar-refractivity contribution in [1.82, 2.24) is 34.2 Å². The molecule has 0 unspecified atom stereocenters. The summed E-state index contributed by atoms with van der Waals surface area (Å²) < 4.78 is 13.1. The van der Waals surface area contributed by atoms with E-state index in [4.69, 9.17) is 9.72 Å². The minimum Gasteiger partial charge on any atom is -0.489 e. The maximum absolute atomic E-state index is 13.8. The predicted octanol–water partition coefficient (Wildman–Crippen LogP) is 5.12. The second kappa shape index (κ2) is 11.5. The van der Waals surface area contributed by atoms with Crippen LogP contribution in [0.5, 0.6) is 5.75 Å². The summed E-state index contributed by atoms with van der Waals surface area (Å²) in [6.07, 6.45) is 8.51. The van der Waals surface area contributed by atoms with Crippen LogP contribution in [-0.4, -0.2) is 72.1 Å². The van der Waals surface area contributed by atoms with Gasteiger partial charge in [0.25, 0.3) is 11.8 Å². The quantitative estimate of drug-likeness (QED) is 0.274.